The molecule has 0 atom stereocenters. The average Bonchev–Trinajstić information content (AvgIpc) is 2.37. The molecule has 1 aliphatic rings. The van der Waals surface area contributed by atoms with Crippen molar-refractivity contribution in [2.75, 3.05) is 18.8 Å². The van der Waals surface area contributed by atoms with Crippen molar-refractivity contribution in [1.82, 2.24) is 10.3 Å². The summed E-state index contributed by atoms with van der Waals surface area (Å²) in [7, 11) is 0. The summed E-state index contributed by atoms with van der Waals surface area (Å²) in [5, 5.41) is 3.27. The van der Waals surface area contributed by atoms with Crippen LogP contribution >= 0.6 is 11.8 Å². The average molecular weight is 212 g/mol. The van der Waals surface area contributed by atoms with Crippen LogP contribution in [0, 0.1) is 19.8 Å². The summed E-state index contributed by atoms with van der Waals surface area (Å²) in [4.78, 5) is 4.35. The van der Waals surface area contributed by atoms with Crippen molar-refractivity contribution in [3.8, 4) is 0 Å². The molecule has 0 bridgehead atoms. The van der Waals surface area contributed by atoms with E-state index >= 15 is 0 Å². The molecule has 1 aliphatic heterocycles. The Morgan fingerprint density at radius 3 is 2.79 bits per heavy atom. The molecule has 3 nitrogen and oxygen atoms in total. The molecule has 2 rings (SSSR count). The van der Waals surface area contributed by atoms with E-state index in [2.05, 4.69) is 10.3 Å². The number of rotatable bonds is 4. The van der Waals surface area contributed by atoms with Gasteiger partial charge in [-0.05, 0) is 38.6 Å². The van der Waals surface area contributed by atoms with Crippen molar-refractivity contribution in [2.45, 2.75) is 19.6 Å². The molecule has 4 heteroatoms. The Kier molecular flexibility index (Phi) is 3.13. The predicted octanol–water partition coefficient (Wildman–Crippen LogP) is 1.74. The topological polar surface area (TPSA) is 38.1 Å². The van der Waals surface area contributed by atoms with E-state index in [-0.39, 0.29) is 0 Å². The van der Waals surface area contributed by atoms with E-state index in [4.69, 9.17) is 4.42 Å². The number of aromatic nitrogens is 1. The standard InChI is InChI=1S/C10H16N2OS/c1-7-8(2)13-10(12-7)6-14-5-9-3-11-4-9/h9,11H,3-6H2,1-2H3. The van der Waals surface area contributed by atoms with Gasteiger partial charge in [-0.25, -0.2) is 4.98 Å². The maximum Gasteiger partial charge on any atom is 0.204 e. The van der Waals surface area contributed by atoms with Crippen molar-refractivity contribution < 1.29 is 4.42 Å². The largest absolute Gasteiger partial charge is 0.445 e. The van der Waals surface area contributed by atoms with Gasteiger partial charge in [0.1, 0.15) is 5.76 Å². The van der Waals surface area contributed by atoms with Crippen LogP contribution in [0.5, 0.6) is 0 Å². The minimum atomic E-state index is 0.858. The van der Waals surface area contributed by atoms with Crippen LogP contribution in [0.4, 0.5) is 0 Å². The molecule has 1 saturated heterocycles. The quantitative estimate of drug-likeness (QED) is 0.825. The van der Waals surface area contributed by atoms with Crippen LogP contribution in [0.3, 0.4) is 0 Å². The van der Waals surface area contributed by atoms with Crippen molar-refractivity contribution in [3.05, 3.63) is 17.3 Å². The molecule has 0 unspecified atom stereocenters. The van der Waals surface area contributed by atoms with Gasteiger partial charge in [-0.3, -0.25) is 0 Å². The lowest BCUT2D eigenvalue weighted by Gasteiger charge is -2.26. The van der Waals surface area contributed by atoms with Crippen molar-refractivity contribution >= 4 is 11.8 Å². The number of hydrogen-bond donors (Lipinski definition) is 1. The lowest BCUT2D eigenvalue weighted by atomic mass is 10.1. The first-order chi connectivity index (χ1) is 6.75. The molecule has 0 radical (unpaired) electrons. The third-order valence-corrected chi connectivity index (χ3v) is 3.68. The maximum atomic E-state index is 5.50. The number of nitrogens with zero attached hydrogens (tertiary/aromatic N) is 1. The van der Waals surface area contributed by atoms with Crippen LogP contribution in [0.15, 0.2) is 4.42 Å². The molecule has 0 amide bonds. The van der Waals surface area contributed by atoms with Gasteiger partial charge in [0.2, 0.25) is 5.89 Å². The lowest BCUT2D eigenvalue weighted by Crippen LogP contribution is -2.43. The molecule has 1 N–H and O–H groups in total. The van der Waals surface area contributed by atoms with Crippen LogP contribution in [0.25, 0.3) is 0 Å². The highest BCUT2D eigenvalue weighted by Crippen LogP contribution is 2.18. The Morgan fingerprint density at radius 1 is 1.50 bits per heavy atom. The first-order valence-electron chi connectivity index (χ1n) is 4.97. The zero-order valence-electron chi connectivity index (χ0n) is 8.67. The van der Waals surface area contributed by atoms with E-state index in [1.54, 1.807) is 0 Å². The summed E-state index contributed by atoms with van der Waals surface area (Å²) in [6.07, 6.45) is 0. The van der Waals surface area contributed by atoms with Gasteiger partial charge in [-0.1, -0.05) is 0 Å². The highest BCUT2D eigenvalue weighted by molar-refractivity contribution is 7.98. The van der Waals surface area contributed by atoms with Crippen molar-refractivity contribution in [2.24, 2.45) is 5.92 Å². The zero-order chi connectivity index (χ0) is 9.97. The van der Waals surface area contributed by atoms with E-state index in [1.165, 1.54) is 18.8 Å². The van der Waals surface area contributed by atoms with Gasteiger partial charge in [0, 0.05) is 0 Å². The van der Waals surface area contributed by atoms with Gasteiger partial charge < -0.3 is 9.73 Å². The third-order valence-electron chi connectivity index (χ3n) is 2.52. The van der Waals surface area contributed by atoms with Crippen LogP contribution in [-0.2, 0) is 5.75 Å². The van der Waals surface area contributed by atoms with Crippen LogP contribution < -0.4 is 5.32 Å². The minimum Gasteiger partial charge on any atom is -0.445 e. The van der Waals surface area contributed by atoms with Crippen LogP contribution in [-0.4, -0.2) is 23.8 Å². The van der Waals surface area contributed by atoms with Crippen molar-refractivity contribution in [3.63, 3.8) is 0 Å². The van der Waals surface area contributed by atoms with Crippen LogP contribution in [0.1, 0.15) is 17.3 Å². The number of hydrogen-bond acceptors (Lipinski definition) is 4. The molecule has 14 heavy (non-hydrogen) atoms. The van der Waals surface area contributed by atoms with E-state index < -0.39 is 0 Å². The Hall–Kier alpha value is -0.480. The minimum absolute atomic E-state index is 0.858. The number of oxazole rings is 1. The molecular formula is C10H16N2OS. The van der Waals surface area contributed by atoms with Gasteiger partial charge in [-0.2, -0.15) is 11.8 Å². The molecule has 0 spiro atoms. The SMILES string of the molecule is Cc1nc(CSCC2CNC2)oc1C. The van der Waals surface area contributed by atoms with E-state index in [0.717, 1.165) is 29.0 Å². The second kappa shape index (κ2) is 4.36. The summed E-state index contributed by atoms with van der Waals surface area (Å²) in [5.74, 6) is 4.80. The van der Waals surface area contributed by atoms with E-state index in [9.17, 15) is 0 Å². The highest BCUT2D eigenvalue weighted by atomic mass is 32.2. The Labute approximate surface area is 88.7 Å². The Morgan fingerprint density at radius 2 is 2.29 bits per heavy atom. The normalized spacial score (nSPS) is 17.0. The number of thioether (sulfide) groups is 1. The fourth-order valence-corrected chi connectivity index (χ4v) is 2.37. The molecule has 0 saturated carbocycles. The summed E-state index contributed by atoms with van der Waals surface area (Å²) in [5.41, 5.74) is 1.02. The predicted molar refractivity (Wildman–Crippen MR) is 58.5 cm³/mol. The maximum absolute atomic E-state index is 5.50. The smallest absolute Gasteiger partial charge is 0.204 e. The van der Waals surface area contributed by atoms with Gasteiger partial charge in [-0.15, -0.1) is 0 Å². The monoisotopic (exact) mass is 212 g/mol. The molecule has 1 fully saturated rings. The van der Waals surface area contributed by atoms with Crippen LogP contribution in [0.2, 0.25) is 0 Å². The fourth-order valence-electron chi connectivity index (χ4n) is 1.38. The second-order valence-electron chi connectivity index (χ2n) is 3.79. The molecule has 1 aromatic rings. The Bertz CT molecular complexity index is 288. The highest BCUT2D eigenvalue weighted by Gasteiger charge is 2.16. The molecule has 78 valence electrons. The lowest BCUT2D eigenvalue weighted by molar-refractivity contribution is 0.385. The number of nitrogens with one attached hydrogen (secondary N) is 1. The summed E-state index contributed by atoms with van der Waals surface area (Å²) < 4.78 is 5.50. The fraction of sp³-hybridized carbons (Fsp3) is 0.700. The van der Waals surface area contributed by atoms with E-state index in [1.807, 2.05) is 25.6 Å². The first kappa shape index (κ1) is 10.1. The third kappa shape index (κ3) is 2.30. The molecule has 0 aromatic carbocycles. The van der Waals surface area contributed by atoms with Gasteiger partial charge in [0.25, 0.3) is 0 Å². The summed E-state index contributed by atoms with van der Waals surface area (Å²) >= 11 is 1.92. The van der Waals surface area contributed by atoms with Gasteiger partial charge >= 0.3 is 0 Å². The second-order valence-corrected chi connectivity index (χ2v) is 4.82. The molecular weight excluding hydrogens is 196 g/mol. The molecule has 0 aliphatic carbocycles. The number of aryl methyl sites for hydroxylation is 2. The Balaban J connectivity index is 1.74. The van der Waals surface area contributed by atoms with Crippen molar-refractivity contribution in [1.29, 1.82) is 0 Å². The molecule has 1 aromatic heterocycles. The van der Waals surface area contributed by atoms with Gasteiger partial charge in [0.15, 0.2) is 0 Å². The summed E-state index contributed by atoms with van der Waals surface area (Å²) in [6.45, 7) is 6.31. The van der Waals surface area contributed by atoms with Gasteiger partial charge in [0.05, 0.1) is 11.4 Å². The zero-order valence-corrected chi connectivity index (χ0v) is 9.49. The first-order valence-corrected chi connectivity index (χ1v) is 6.12. The summed E-state index contributed by atoms with van der Waals surface area (Å²) in [6, 6.07) is 0. The molecule has 2 heterocycles. The van der Waals surface area contributed by atoms with E-state index in [0.29, 0.717) is 0 Å².